The molecule has 1 fully saturated rings. The number of alkyl halides is 1. The van der Waals surface area contributed by atoms with Crippen LogP contribution >= 0.6 is 22.6 Å². The Morgan fingerprint density at radius 2 is 1.82 bits per heavy atom. The highest BCUT2D eigenvalue weighted by Gasteiger charge is 2.14. The highest BCUT2D eigenvalue weighted by Crippen LogP contribution is 2.05. The Hall–Kier alpha value is 0.650. The molecule has 0 bridgehead atoms. The largest absolute Gasteiger partial charge is 0.304 e. The van der Waals surface area contributed by atoms with Crippen LogP contribution in [0.2, 0.25) is 0 Å². The van der Waals surface area contributed by atoms with E-state index in [-0.39, 0.29) is 0 Å². The maximum Gasteiger partial charge on any atom is 0.0209 e. The average molecular weight is 268 g/mol. The van der Waals surface area contributed by atoms with Crippen molar-refractivity contribution in [3.05, 3.63) is 0 Å². The predicted molar refractivity (Wildman–Crippen MR) is 57.4 cm³/mol. The Morgan fingerprint density at radius 1 is 1.27 bits per heavy atom. The van der Waals surface area contributed by atoms with E-state index < -0.39 is 0 Å². The smallest absolute Gasteiger partial charge is 0.0209 e. The molecule has 2 nitrogen and oxygen atoms in total. The normalized spacial score (nSPS) is 25.4. The number of hydrogen-bond donors (Lipinski definition) is 0. The summed E-state index contributed by atoms with van der Waals surface area (Å²) in [6, 6.07) is 0. The van der Waals surface area contributed by atoms with E-state index in [9.17, 15) is 0 Å². The van der Waals surface area contributed by atoms with Crippen LogP contribution in [0, 0.1) is 0 Å². The molecule has 0 radical (unpaired) electrons. The standard InChI is InChI=1S/C8H17IN2/c1-8(9)7-11-5-3-10(2)4-6-11/h8H,3-7H2,1-2H3. The van der Waals surface area contributed by atoms with Crippen LogP contribution in [-0.2, 0) is 0 Å². The summed E-state index contributed by atoms with van der Waals surface area (Å²) in [6.45, 7) is 8.52. The quantitative estimate of drug-likeness (QED) is 0.546. The summed E-state index contributed by atoms with van der Waals surface area (Å²) in [5.74, 6) is 0. The van der Waals surface area contributed by atoms with E-state index in [2.05, 4.69) is 46.4 Å². The van der Waals surface area contributed by atoms with Crippen molar-refractivity contribution in [3.8, 4) is 0 Å². The summed E-state index contributed by atoms with van der Waals surface area (Å²) < 4.78 is 0.788. The van der Waals surface area contributed by atoms with E-state index in [0.29, 0.717) is 0 Å². The first-order chi connectivity index (χ1) is 5.18. The third kappa shape index (κ3) is 3.71. The van der Waals surface area contributed by atoms with Crippen LogP contribution in [0.5, 0.6) is 0 Å². The summed E-state index contributed by atoms with van der Waals surface area (Å²) in [6.07, 6.45) is 0. The van der Waals surface area contributed by atoms with Gasteiger partial charge in [0.2, 0.25) is 0 Å². The molecule has 11 heavy (non-hydrogen) atoms. The van der Waals surface area contributed by atoms with Gasteiger partial charge in [0, 0.05) is 36.6 Å². The molecule has 0 aromatic carbocycles. The number of hydrogen-bond acceptors (Lipinski definition) is 2. The predicted octanol–water partition coefficient (Wildman–Crippen LogP) is 1.06. The zero-order valence-corrected chi connectivity index (χ0v) is 9.54. The van der Waals surface area contributed by atoms with Gasteiger partial charge in [0.25, 0.3) is 0 Å². The molecular formula is C8H17IN2. The van der Waals surface area contributed by atoms with Gasteiger partial charge in [-0.25, -0.2) is 0 Å². The van der Waals surface area contributed by atoms with Crippen LogP contribution in [0.4, 0.5) is 0 Å². The van der Waals surface area contributed by atoms with Gasteiger partial charge in [-0.1, -0.05) is 29.5 Å². The van der Waals surface area contributed by atoms with Gasteiger partial charge in [-0.2, -0.15) is 0 Å². The lowest BCUT2D eigenvalue weighted by atomic mass is 10.3. The molecular weight excluding hydrogens is 251 g/mol. The molecule has 1 atom stereocenters. The Kier molecular flexibility index (Phi) is 4.09. The summed E-state index contributed by atoms with van der Waals surface area (Å²) in [5.41, 5.74) is 0. The van der Waals surface area contributed by atoms with E-state index in [4.69, 9.17) is 0 Å². The molecule has 0 saturated carbocycles. The second-order valence-electron chi connectivity index (χ2n) is 3.38. The maximum absolute atomic E-state index is 2.55. The molecule has 0 amide bonds. The van der Waals surface area contributed by atoms with E-state index >= 15 is 0 Å². The fraction of sp³-hybridized carbons (Fsp3) is 1.00. The van der Waals surface area contributed by atoms with E-state index in [1.165, 1.54) is 32.7 Å². The topological polar surface area (TPSA) is 6.48 Å². The fourth-order valence-corrected chi connectivity index (χ4v) is 1.94. The Labute approximate surface area is 83.1 Å². The third-order valence-electron chi connectivity index (χ3n) is 2.11. The minimum Gasteiger partial charge on any atom is -0.304 e. The molecule has 0 aliphatic carbocycles. The molecule has 0 aromatic rings. The van der Waals surface area contributed by atoms with Crippen LogP contribution in [0.15, 0.2) is 0 Å². The van der Waals surface area contributed by atoms with Gasteiger partial charge in [-0.15, -0.1) is 0 Å². The number of halogens is 1. The lowest BCUT2D eigenvalue weighted by Gasteiger charge is -2.32. The second-order valence-corrected chi connectivity index (χ2v) is 5.51. The minimum atomic E-state index is 0.788. The van der Waals surface area contributed by atoms with Crippen molar-refractivity contribution in [3.63, 3.8) is 0 Å². The highest BCUT2D eigenvalue weighted by molar-refractivity contribution is 14.1. The molecule has 0 spiro atoms. The molecule has 3 heteroatoms. The van der Waals surface area contributed by atoms with Crippen molar-refractivity contribution in [1.82, 2.24) is 9.80 Å². The van der Waals surface area contributed by atoms with Gasteiger partial charge < -0.3 is 4.90 Å². The molecule has 1 aliphatic heterocycles. The molecule has 1 unspecified atom stereocenters. The minimum absolute atomic E-state index is 0.788. The highest BCUT2D eigenvalue weighted by atomic mass is 127. The Balaban J connectivity index is 2.17. The van der Waals surface area contributed by atoms with Crippen molar-refractivity contribution in [2.45, 2.75) is 10.8 Å². The molecule has 66 valence electrons. The number of rotatable bonds is 2. The third-order valence-corrected chi connectivity index (χ3v) is 2.50. The summed E-state index contributed by atoms with van der Waals surface area (Å²) in [4.78, 5) is 4.95. The maximum atomic E-state index is 2.55. The monoisotopic (exact) mass is 268 g/mol. The van der Waals surface area contributed by atoms with Gasteiger partial charge in [-0.05, 0) is 7.05 Å². The summed E-state index contributed by atoms with van der Waals surface area (Å²) in [5, 5.41) is 0. The zero-order valence-electron chi connectivity index (χ0n) is 7.39. The van der Waals surface area contributed by atoms with Gasteiger partial charge in [0.05, 0.1) is 0 Å². The summed E-state index contributed by atoms with van der Waals surface area (Å²) >= 11 is 2.49. The number of nitrogens with zero attached hydrogens (tertiary/aromatic N) is 2. The van der Waals surface area contributed by atoms with Crippen LogP contribution in [0.1, 0.15) is 6.92 Å². The first-order valence-electron chi connectivity index (χ1n) is 4.23. The SMILES string of the molecule is CC(I)CN1CCN(C)CC1. The van der Waals surface area contributed by atoms with E-state index in [1.807, 2.05) is 0 Å². The Bertz CT molecular complexity index is 109. The first kappa shape index (κ1) is 9.74. The van der Waals surface area contributed by atoms with Crippen molar-refractivity contribution in [1.29, 1.82) is 0 Å². The molecule has 0 N–H and O–H groups in total. The van der Waals surface area contributed by atoms with Crippen LogP contribution in [0.3, 0.4) is 0 Å². The summed E-state index contributed by atoms with van der Waals surface area (Å²) in [7, 11) is 2.20. The van der Waals surface area contributed by atoms with E-state index in [1.54, 1.807) is 0 Å². The van der Waals surface area contributed by atoms with Crippen LogP contribution < -0.4 is 0 Å². The second kappa shape index (κ2) is 4.62. The first-order valence-corrected chi connectivity index (χ1v) is 5.48. The molecule has 1 aliphatic rings. The van der Waals surface area contributed by atoms with E-state index in [0.717, 1.165) is 3.92 Å². The van der Waals surface area contributed by atoms with Crippen molar-refractivity contribution < 1.29 is 0 Å². The lowest BCUT2D eigenvalue weighted by Crippen LogP contribution is -2.45. The number of piperazine rings is 1. The molecule has 1 heterocycles. The lowest BCUT2D eigenvalue weighted by molar-refractivity contribution is 0.157. The van der Waals surface area contributed by atoms with Gasteiger partial charge in [-0.3, -0.25) is 4.90 Å². The van der Waals surface area contributed by atoms with Crippen LogP contribution in [0.25, 0.3) is 0 Å². The van der Waals surface area contributed by atoms with Crippen molar-refractivity contribution in [2.24, 2.45) is 0 Å². The van der Waals surface area contributed by atoms with Crippen molar-refractivity contribution in [2.75, 3.05) is 39.8 Å². The Morgan fingerprint density at radius 3 is 2.27 bits per heavy atom. The van der Waals surface area contributed by atoms with Gasteiger partial charge in [0.1, 0.15) is 0 Å². The molecule has 1 saturated heterocycles. The molecule has 1 rings (SSSR count). The van der Waals surface area contributed by atoms with Crippen LogP contribution in [-0.4, -0.2) is 53.5 Å². The zero-order chi connectivity index (χ0) is 8.27. The fourth-order valence-electron chi connectivity index (χ4n) is 1.39. The van der Waals surface area contributed by atoms with Crippen molar-refractivity contribution >= 4 is 22.6 Å². The molecule has 0 aromatic heterocycles. The number of likely N-dealkylation sites (N-methyl/N-ethyl adjacent to an activating group) is 1. The average Bonchev–Trinajstić information content (AvgIpc) is 1.93. The van der Waals surface area contributed by atoms with Gasteiger partial charge >= 0.3 is 0 Å². The van der Waals surface area contributed by atoms with Gasteiger partial charge in [0.15, 0.2) is 0 Å².